The van der Waals surface area contributed by atoms with E-state index < -0.39 is 6.10 Å². The van der Waals surface area contributed by atoms with E-state index in [0.29, 0.717) is 6.04 Å². The third-order valence-corrected chi connectivity index (χ3v) is 2.46. The molecule has 1 aromatic rings. The Labute approximate surface area is 109 Å². The Morgan fingerprint density at radius 2 is 1.94 bits per heavy atom. The Morgan fingerprint density at radius 3 is 2.61 bits per heavy atom. The third kappa shape index (κ3) is 5.49. The van der Waals surface area contributed by atoms with Crippen LogP contribution >= 0.6 is 0 Å². The summed E-state index contributed by atoms with van der Waals surface area (Å²) in [7, 11) is 1.56. The van der Waals surface area contributed by atoms with Gasteiger partial charge in [-0.25, -0.2) is 0 Å². The highest BCUT2D eigenvalue weighted by molar-refractivity contribution is 5.33. The van der Waals surface area contributed by atoms with Crippen LogP contribution in [0.25, 0.3) is 0 Å². The van der Waals surface area contributed by atoms with Crippen LogP contribution in [0.3, 0.4) is 0 Å². The smallest absolute Gasteiger partial charge is 0.123 e. The molecule has 2 N–H and O–H groups in total. The molecular formula is C14H23NO3. The lowest BCUT2D eigenvalue weighted by atomic mass is 10.2. The van der Waals surface area contributed by atoms with Crippen LogP contribution in [0.4, 0.5) is 0 Å². The Morgan fingerprint density at radius 1 is 1.22 bits per heavy atom. The molecule has 0 heterocycles. The second-order valence-electron chi connectivity index (χ2n) is 4.56. The molecule has 0 radical (unpaired) electrons. The number of rotatable bonds is 8. The van der Waals surface area contributed by atoms with Gasteiger partial charge in [-0.15, -0.1) is 0 Å². The van der Waals surface area contributed by atoms with Crippen molar-refractivity contribution in [3.05, 3.63) is 29.8 Å². The number of nitrogens with one attached hydrogen (secondary N) is 1. The quantitative estimate of drug-likeness (QED) is 0.738. The number of para-hydroxylation sites is 1. The number of aliphatic hydroxyl groups excluding tert-OH is 1. The minimum absolute atomic E-state index is 0.243. The fourth-order valence-corrected chi connectivity index (χ4v) is 1.53. The molecule has 18 heavy (non-hydrogen) atoms. The molecule has 4 heteroatoms. The molecule has 4 nitrogen and oxygen atoms in total. The topological polar surface area (TPSA) is 50.7 Å². The summed E-state index contributed by atoms with van der Waals surface area (Å²) in [5.74, 6) is 0.806. The number of hydrogen-bond acceptors (Lipinski definition) is 4. The molecule has 0 amide bonds. The van der Waals surface area contributed by atoms with Crippen LogP contribution in [-0.2, 0) is 11.3 Å². The van der Waals surface area contributed by atoms with Crippen LogP contribution in [0.5, 0.6) is 5.75 Å². The average Bonchev–Trinajstić information content (AvgIpc) is 2.35. The summed E-state index contributed by atoms with van der Waals surface area (Å²) in [5, 5.41) is 12.9. The first-order valence-electron chi connectivity index (χ1n) is 6.24. The largest absolute Gasteiger partial charge is 0.490 e. The molecule has 102 valence electrons. The zero-order chi connectivity index (χ0) is 13.4. The molecule has 0 aliphatic carbocycles. The van der Waals surface area contributed by atoms with Gasteiger partial charge in [-0.05, 0) is 6.07 Å². The lowest BCUT2D eigenvalue weighted by Gasteiger charge is -2.15. The fraction of sp³-hybridized carbons (Fsp3) is 0.571. The summed E-state index contributed by atoms with van der Waals surface area (Å²) >= 11 is 0. The van der Waals surface area contributed by atoms with E-state index in [1.54, 1.807) is 7.11 Å². The molecule has 0 saturated carbocycles. The standard InChI is InChI=1S/C14H23NO3/c1-11(2)15-8-12-6-4-5-7-14(12)18-10-13(16)9-17-3/h4-7,11,13,15-16H,8-10H2,1-3H3. The maximum Gasteiger partial charge on any atom is 0.123 e. The molecule has 1 aromatic carbocycles. The molecule has 0 spiro atoms. The Bertz CT molecular complexity index is 342. The number of benzene rings is 1. The van der Waals surface area contributed by atoms with Crippen molar-refractivity contribution in [2.45, 2.75) is 32.5 Å². The lowest BCUT2D eigenvalue weighted by molar-refractivity contribution is 0.0323. The van der Waals surface area contributed by atoms with E-state index in [1.165, 1.54) is 0 Å². The summed E-state index contributed by atoms with van der Waals surface area (Å²) in [5.41, 5.74) is 1.09. The molecule has 0 saturated heterocycles. The summed E-state index contributed by atoms with van der Waals surface area (Å²) in [6.45, 7) is 5.49. The van der Waals surface area contributed by atoms with E-state index in [0.717, 1.165) is 17.9 Å². The molecule has 1 rings (SSSR count). The van der Waals surface area contributed by atoms with Crippen molar-refractivity contribution in [2.24, 2.45) is 0 Å². The van der Waals surface area contributed by atoms with Gasteiger partial charge in [-0.3, -0.25) is 0 Å². The summed E-state index contributed by atoms with van der Waals surface area (Å²) in [4.78, 5) is 0. The molecule has 0 fully saturated rings. The van der Waals surface area contributed by atoms with Crippen LogP contribution in [0, 0.1) is 0 Å². The van der Waals surface area contributed by atoms with Crippen molar-refractivity contribution in [1.82, 2.24) is 5.32 Å². The van der Waals surface area contributed by atoms with E-state index in [4.69, 9.17) is 9.47 Å². The zero-order valence-electron chi connectivity index (χ0n) is 11.3. The minimum atomic E-state index is -0.596. The molecule has 1 atom stereocenters. The van der Waals surface area contributed by atoms with Crippen molar-refractivity contribution < 1.29 is 14.6 Å². The van der Waals surface area contributed by atoms with Crippen LogP contribution in [-0.4, -0.2) is 37.6 Å². The monoisotopic (exact) mass is 253 g/mol. The Balaban J connectivity index is 2.53. The van der Waals surface area contributed by atoms with E-state index in [1.807, 2.05) is 24.3 Å². The van der Waals surface area contributed by atoms with Crippen LogP contribution in [0.2, 0.25) is 0 Å². The van der Waals surface area contributed by atoms with Gasteiger partial charge < -0.3 is 19.9 Å². The van der Waals surface area contributed by atoms with Gasteiger partial charge in [0.25, 0.3) is 0 Å². The highest BCUT2D eigenvalue weighted by atomic mass is 16.5. The van der Waals surface area contributed by atoms with Gasteiger partial charge in [0.1, 0.15) is 18.5 Å². The first kappa shape index (κ1) is 15.0. The van der Waals surface area contributed by atoms with Crippen molar-refractivity contribution in [2.75, 3.05) is 20.3 Å². The average molecular weight is 253 g/mol. The van der Waals surface area contributed by atoms with Crippen LogP contribution < -0.4 is 10.1 Å². The molecule has 0 aliphatic rings. The predicted molar refractivity (Wildman–Crippen MR) is 71.8 cm³/mol. The van der Waals surface area contributed by atoms with Crippen molar-refractivity contribution >= 4 is 0 Å². The minimum Gasteiger partial charge on any atom is -0.490 e. The Kier molecular flexibility index (Phi) is 6.72. The van der Waals surface area contributed by atoms with E-state index in [2.05, 4.69) is 19.2 Å². The number of aliphatic hydroxyl groups is 1. The predicted octanol–water partition coefficient (Wildman–Crippen LogP) is 1.57. The number of methoxy groups -OCH3 is 1. The van der Waals surface area contributed by atoms with Crippen molar-refractivity contribution in [3.8, 4) is 5.75 Å². The maximum absolute atomic E-state index is 9.55. The second kappa shape index (κ2) is 8.08. The number of hydrogen-bond donors (Lipinski definition) is 2. The van der Waals surface area contributed by atoms with Gasteiger partial charge in [0, 0.05) is 25.3 Å². The molecule has 0 aromatic heterocycles. The highest BCUT2D eigenvalue weighted by Crippen LogP contribution is 2.18. The van der Waals surface area contributed by atoms with Gasteiger partial charge in [0.05, 0.1) is 6.61 Å². The molecular weight excluding hydrogens is 230 g/mol. The highest BCUT2D eigenvalue weighted by Gasteiger charge is 2.07. The zero-order valence-corrected chi connectivity index (χ0v) is 11.3. The lowest BCUT2D eigenvalue weighted by Crippen LogP contribution is -2.24. The van der Waals surface area contributed by atoms with E-state index in [9.17, 15) is 5.11 Å². The SMILES string of the molecule is COCC(O)COc1ccccc1CNC(C)C. The number of ether oxygens (including phenoxy) is 2. The van der Waals surface area contributed by atoms with Gasteiger partial charge >= 0.3 is 0 Å². The second-order valence-corrected chi connectivity index (χ2v) is 4.56. The summed E-state index contributed by atoms with van der Waals surface area (Å²) in [6.07, 6.45) is -0.596. The fourth-order valence-electron chi connectivity index (χ4n) is 1.53. The molecule has 0 bridgehead atoms. The first-order valence-corrected chi connectivity index (χ1v) is 6.24. The first-order chi connectivity index (χ1) is 8.63. The van der Waals surface area contributed by atoms with Crippen LogP contribution in [0.15, 0.2) is 24.3 Å². The maximum atomic E-state index is 9.55. The normalized spacial score (nSPS) is 12.7. The Hall–Kier alpha value is -1.10. The van der Waals surface area contributed by atoms with Gasteiger partial charge in [0.2, 0.25) is 0 Å². The molecule has 0 aliphatic heterocycles. The molecule has 1 unspecified atom stereocenters. The summed E-state index contributed by atoms with van der Waals surface area (Å²) in [6, 6.07) is 8.27. The van der Waals surface area contributed by atoms with E-state index in [-0.39, 0.29) is 13.2 Å². The van der Waals surface area contributed by atoms with Crippen molar-refractivity contribution in [3.63, 3.8) is 0 Å². The van der Waals surface area contributed by atoms with E-state index >= 15 is 0 Å². The van der Waals surface area contributed by atoms with Crippen LogP contribution in [0.1, 0.15) is 19.4 Å². The third-order valence-electron chi connectivity index (χ3n) is 2.46. The van der Waals surface area contributed by atoms with Gasteiger partial charge in [-0.1, -0.05) is 32.0 Å². The summed E-state index contributed by atoms with van der Waals surface area (Å²) < 4.78 is 10.5. The van der Waals surface area contributed by atoms with Gasteiger partial charge in [0.15, 0.2) is 0 Å². The van der Waals surface area contributed by atoms with Crippen molar-refractivity contribution in [1.29, 1.82) is 0 Å². The van der Waals surface area contributed by atoms with Gasteiger partial charge in [-0.2, -0.15) is 0 Å².